The van der Waals surface area contributed by atoms with Gasteiger partial charge in [0.15, 0.2) is 5.13 Å². The molecular weight excluding hydrogens is 374 g/mol. The monoisotopic (exact) mass is 387 g/mol. The third-order valence-electron chi connectivity index (χ3n) is 4.11. The average molecular weight is 388 g/mol. The Morgan fingerprint density at radius 1 is 1.19 bits per heavy atom. The number of halogens is 1. The van der Waals surface area contributed by atoms with Gasteiger partial charge in [-0.2, -0.15) is 0 Å². The van der Waals surface area contributed by atoms with Crippen LogP contribution in [0.1, 0.15) is 31.3 Å². The summed E-state index contributed by atoms with van der Waals surface area (Å²) in [6, 6.07) is 8.46. The van der Waals surface area contributed by atoms with Crippen molar-refractivity contribution in [3.63, 3.8) is 0 Å². The van der Waals surface area contributed by atoms with Gasteiger partial charge in [0.05, 0.1) is 24.1 Å². The lowest BCUT2D eigenvalue weighted by molar-refractivity contribution is 0.0736. The van der Waals surface area contributed by atoms with Crippen LogP contribution < -0.4 is 5.32 Å². The molecule has 1 aliphatic heterocycles. The molecular formula is C18H14ClN3O3S. The Bertz CT molecular complexity index is 951. The zero-order valence-corrected chi connectivity index (χ0v) is 15.1. The van der Waals surface area contributed by atoms with Crippen molar-refractivity contribution in [2.75, 3.05) is 11.9 Å². The van der Waals surface area contributed by atoms with E-state index in [2.05, 4.69) is 10.3 Å². The topological polar surface area (TPSA) is 75.4 Å². The van der Waals surface area contributed by atoms with Crippen LogP contribution in [0.25, 0.3) is 0 Å². The molecule has 4 rings (SSSR count). The van der Waals surface area contributed by atoms with Gasteiger partial charge in [-0.1, -0.05) is 22.9 Å². The predicted molar refractivity (Wildman–Crippen MR) is 98.7 cm³/mol. The Hall–Kier alpha value is -2.64. The molecule has 3 aromatic rings. The molecule has 3 heterocycles. The molecule has 8 heteroatoms. The maximum Gasteiger partial charge on any atom is 0.260 e. The highest BCUT2D eigenvalue weighted by molar-refractivity contribution is 7.15. The van der Waals surface area contributed by atoms with Gasteiger partial charge in [0.1, 0.15) is 6.26 Å². The number of thiazole rings is 1. The van der Waals surface area contributed by atoms with Crippen molar-refractivity contribution in [3.8, 4) is 0 Å². The van der Waals surface area contributed by atoms with Crippen molar-refractivity contribution in [1.82, 2.24) is 9.88 Å². The summed E-state index contributed by atoms with van der Waals surface area (Å²) >= 11 is 7.27. The van der Waals surface area contributed by atoms with Crippen LogP contribution in [0.3, 0.4) is 0 Å². The summed E-state index contributed by atoms with van der Waals surface area (Å²) in [5.41, 5.74) is 1.98. The molecule has 1 aliphatic rings. The fourth-order valence-corrected chi connectivity index (χ4v) is 3.91. The summed E-state index contributed by atoms with van der Waals surface area (Å²) < 4.78 is 4.91. The molecule has 0 unspecified atom stereocenters. The van der Waals surface area contributed by atoms with Crippen molar-refractivity contribution in [1.29, 1.82) is 0 Å². The molecule has 0 atom stereocenters. The summed E-state index contributed by atoms with van der Waals surface area (Å²) in [6.45, 7) is 1.07. The zero-order chi connectivity index (χ0) is 18.1. The maximum absolute atomic E-state index is 12.6. The molecule has 0 saturated carbocycles. The standard InChI is InChI=1S/C18H14ClN3O3S/c19-13-3-1-11(2-4-13)17(24)22-7-5-14-15(9-22)26-18(20-14)21-16(23)12-6-8-25-10-12/h1-4,6,8,10H,5,7,9H2,(H,20,21,23). The molecule has 1 aromatic carbocycles. The minimum Gasteiger partial charge on any atom is -0.472 e. The van der Waals surface area contributed by atoms with Crippen LogP contribution in [-0.4, -0.2) is 28.2 Å². The van der Waals surface area contributed by atoms with Crippen molar-refractivity contribution in [2.24, 2.45) is 0 Å². The first kappa shape index (κ1) is 16.8. The number of carbonyl (C=O) groups is 2. The summed E-state index contributed by atoms with van der Waals surface area (Å²) in [4.78, 5) is 32.0. The average Bonchev–Trinajstić information content (AvgIpc) is 3.30. The lowest BCUT2D eigenvalue weighted by Crippen LogP contribution is -2.35. The quantitative estimate of drug-likeness (QED) is 0.740. The van der Waals surface area contributed by atoms with E-state index in [4.69, 9.17) is 16.0 Å². The Balaban J connectivity index is 1.47. The number of carbonyl (C=O) groups excluding carboxylic acids is 2. The summed E-state index contributed by atoms with van der Waals surface area (Å²) in [5.74, 6) is -0.302. The second-order valence-corrected chi connectivity index (χ2v) is 7.36. The molecule has 2 amide bonds. The molecule has 0 aliphatic carbocycles. The number of furan rings is 1. The van der Waals surface area contributed by atoms with Crippen molar-refractivity contribution < 1.29 is 14.0 Å². The number of nitrogens with zero attached hydrogens (tertiary/aromatic N) is 2. The SMILES string of the molecule is O=C(Nc1nc2c(s1)CN(C(=O)c1ccc(Cl)cc1)CC2)c1ccoc1. The molecule has 26 heavy (non-hydrogen) atoms. The highest BCUT2D eigenvalue weighted by Gasteiger charge is 2.25. The number of anilines is 1. The van der Waals surface area contributed by atoms with E-state index in [1.54, 1.807) is 35.2 Å². The van der Waals surface area contributed by atoms with Crippen molar-refractivity contribution in [2.45, 2.75) is 13.0 Å². The molecule has 0 fully saturated rings. The number of hydrogen-bond acceptors (Lipinski definition) is 5. The Morgan fingerprint density at radius 2 is 2.00 bits per heavy atom. The van der Waals surface area contributed by atoms with Gasteiger partial charge >= 0.3 is 0 Å². The van der Waals surface area contributed by atoms with Crippen LogP contribution in [0.5, 0.6) is 0 Å². The van der Waals surface area contributed by atoms with Gasteiger partial charge in [-0.3, -0.25) is 14.9 Å². The van der Waals surface area contributed by atoms with Gasteiger partial charge in [-0.15, -0.1) is 0 Å². The minimum atomic E-state index is -0.265. The Kier molecular flexibility index (Phi) is 4.48. The fourth-order valence-electron chi connectivity index (χ4n) is 2.76. The largest absolute Gasteiger partial charge is 0.472 e. The van der Waals surface area contributed by atoms with Gasteiger partial charge in [0.25, 0.3) is 11.8 Å². The van der Waals surface area contributed by atoms with Gasteiger partial charge in [0.2, 0.25) is 0 Å². The van der Waals surface area contributed by atoms with E-state index in [0.29, 0.717) is 40.8 Å². The second kappa shape index (κ2) is 6.93. The van der Waals surface area contributed by atoms with Crippen LogP contribution in [0, 0.1) is 0 Å². The number of nitrogens with one attached hydrogen (secondary N) is 1. The zero-order valence-electron chi connectivity index (χ0n) is 13.6. The second-order valence-electron chi connectivity index (χ2n) is 5.84. The van der Waals surface area contributed by atoms with Crippen LogP contribution in [0.2, 0.25) is 5.02 Å². The fraction of sp³-hybridized carbons (Fsp3) is 0.167. The normalized spacial score (nSPS) is 13.3. The lowest BCUT2D eigenvalue weighted by atomic mass is 10.1. The van der Waals surface area contributed by atoms with E-state index in [-0.39, 0.29) is 11.8 Å². The Morgan fingerprint density at radius 3 is 2.73 bits per heavy atom. The number of amides is 2. The number of hydrogen-bond donors (Lipinski definition) is 1. The van der Waals surface area contributed by atoms with Crippen LogP contribution in [0.15, 0.2) is 47.3 Å². The molecule has 0 spiro atoms. The molecule has 2 aromatic heterocycles. The molecule has 132 valence electrons. The van der Waals surface area contributed by atoms with Gasteiger partial charge < -0.3 is 9.32 Å². The van der Waals surface area contributed by atoms with E-state index in [1.807, 2.05) is 0 Å². The van der Waals surface area contributed by atoms with Gasteiger partial charge in [-0.25, -0.2) is 4.98 Å². The highest BCUT2D eigenvalue weighted by atomic mass is 35.5. The minimum absolute atomic E-state index is 0.0373. The highest BCUT2D eigenvalue weighted by Crippen LogP contribution is 2.29. The smallest absolute Gasteiger partial charge is 0.260 e. The molecule has 1 N–H and O–H groups in total. The number of benzene rings is 1. The van der Waals surface area contributed by atoms with E-state index in [1.165, 1.54) is 23.9 Å². The molecule has 0 radical (unpaired) electrons. The predicted octanol–water partition coefficient (Wildman–Crippen LogP) is 3.84. The lowest BCUT2D eigenvalue weighted by Gasteiger charge is -2.26. The van der Waals surface area contributed by atoms with E-state index in [9.17, 15) is 9.59 Å². The third-order valence-corrected chi connectivity index (χ3v) is 5.36. The first-order valence-electron chi connectivity index (χ1n) is 7.97. The van der Waals surface area contributed by atoms with Crippen LogP contribution in [0.4, 0.5) is 5.13 Å². The van der Waals surface area contributed by atoms with Gasteiger partial charge in [0, 0.05) is 28.4 Å². The molecule has 0 saturated heterocycles. The van der Waals surface area contributed by atoms with E-state index >= 15 is 0 Å². The molecule has 0 bridgehead atoms. The number of aromatic nitrogens is 1. The van der Waals surface area contributed by atoms with E-state index < -0.39 is 0 Å². The van der Waals surface area contributed by atoms with Crippen LogP contribution in [-0.2, 0) is 13.0 Å². The van der Waals surface area contributed by atoms with Crippen molar-refractivity contribution in [3.05, 3.63) is 69.6 Å². The number of rotatable bonds is 3. The van der Waals surface area contributed by atoms with Crippen molar-refractivity contribution >= 4 is 39.9 Å². The number of fused-ring (bicyclic) bond motifs is 1. The first-order chi connectivity index (χ1) is 12.6. The Labute approximate surface area is 158 Å². The summed E-state index contributed by atoms with van der Waals surface area (Å²) in [7, 11) is 0. The molecule has 6 nitrogen and oxygen atoms in total. The maximum atomic E-state index is 12.6. The van der Waals surface area contributed by atoms with Crippen LogP contribution >= 0.6 is 22.9 Å². The summed E-state index contributed by atoms with van der Waals surface area (Å²) in [6.07, 6.45) is 3.49. The van der Waals surface area contributed by atoms with E-state index in [0.717, 1.165) is 10.6 Å². The summed E-state index contributed by atoms with van der Waals surface area (Å²) in [5, 5.41) is 3.90. The van der Waals surface area contributed by atoms with Gasteiger partial charge in [-0.05, 0) is 30.3 Å². The first-order valence-corrected chi connectivity index (χ1v) is 9.16. The third kappa shape index (κ3) is 3.36.